The predicted molar refractivity (Wildman–Crippen MR) is 62.9 cm³/mol. The Hall–Kier alpha value is -1.40. The zero-order valence-electron chi connectivity index (χ0n) is 8.65. The lowest BCUT2D eigenvalue weighted by Crippen LogP contribution is -2.04. The highest BCUT2D eigenvalue weighted by molar-refractivity contribution is 7.80. The van der Waals surface area contributed by atoms with E-state index in [4.69, 9.17) is 4.74 Å². The van der Waals surface area contributed by atoms with Crippen molar-refractivity contribution in [2.45, 2.75) is 19.1 Å². The van der Waals surface area contributed by atoms with E-state index < -0.39 is 0 Å². The quantitative estimate of drug-likeness (QED) is 0.359. The van der Waals surface area contributed by atoms with Gasteiger partial charge in [-0.25, -0.2) is 0 Å². The molecule has 0 aliphatic carbocycles. The highest BCUT2D eigenvalue weighted by Crippen LogP contribution is 2.28. The Balaban J connectivity index is 3.03. The van der Waals surface area contributed by atoms with E-state index in [1.54, 1.807) is 13.0 Å². The van der Waals surface area contributed by atoms with Gasteiger partial charge in [0.15, 0.2) is 0 Å². The molecule has 0 N–H and O–H groups in total. The summed E-state index contributed by atoms with van der Waals surface area (Å²) in [7, 11) is 0. The number of carbonyl (C=O) groups excluding carboxylic acids is 1. The summed E-state index contributed by atoms with van der Waals surface area (Å²) in [6.45, 7) is 3.12. The van der Waals surface area contributed by atoms with Crippen LogP contribution in [0, 0.1) is 11.8 Å². The van der Waals surface area contributed by atoms with Crippen molar-refractivity contribution in [2.24, 2.45) is 0 Å². The molecule has 0 heterocycles. The van der Waals surface area contributed by atoms with Crippen LogP contribution in [0.5, 0.6) is 5.75 Å². The second-order valence-corrected chi connectivity index (χ2v) is 3.44. The summed E-state index contributed by atoms with van der Waals surface area (Å²) in [6, 6.07) is 7.25. The number of carbonyl (C=O) groups is 1. The summed E-state index contributed by atoms with van der Waals surface area (Å²) < 4.78 is 5.06. The monoisotopic (exact) mass is 220 g/mol. The summed E-state index contributed by atoms with van der Waals surface area (Å²) in [4.78, 5) is 10.9. The van der Waals surface area contributed by atoms with Gasteiger partial charge in [-0.2, -0.15) is 12.6 Å². The molecule has 78 valence electrons. The van der Waals surface area contributed by atoms with Crippen molar-refractivity contribution in [2.75, 3.05) is 0 Å². The third kappa shape index (κ3) is 3.34. The van der Waals surface area contributed by atoms with Gasteiger partial charge in [0.1, 0.15) is 5.75 Å². The first-order valence-corrected chi connectivity index (χ1v) is 5.04. The molecule has 0 amide bonds. The van der Waals surface area contributed by atoms with Crippen molar-refractivity contribution < 1.29 is 9.53 Å². The minimum atomic E-state index is -0.340. The van der Waals surface area contributed by atoms with Gasteiger partial charge in [-0.05, 0) is 13.0 Å². The van der Waals surface area contributed by atoms with Crippen LogP contribution < -0.4 is 4.74 Å². The number of esters is 1. The Bertz CT molecular complexity index is 415. The van der Waals surface area contributed by atoms with E-state index in [0.717, 1.165) is 5.56 Å². The SMILES string of the molecule is CC#CC(S)c1ccccc1OC(C)=O. The van der Waals surface area contributed by atoms with E-state index in [2.05, 4.69) is 24.5 Å². The minimum Gasteiger partial charge on any atom is -0.426 e. The zero-order chi connectivity index (χ0) is 11.3. The lowest BCUT2D eigenvalue weighted by atomic mass is 10.1. The molecule has 1 aromatic carbocycles. The van der Waals surface area contributed by atoms with Gasteiger partial charge in [-0.3, -0.25) is 4.79 Å². The highest BCUT2D eigenvalue weighted by Gasteiger charge is 2.10. The maximum absolute atomic E-state index is 10.9. The summed E-state index contributed by atoms with van der Waals surface area (Å²) in [5.74, 6) is 5.86. The van der Waals surface area contributed by atoms with Gasteiger partial charge in [0.25, 0.3) is 0 Å². The van der Waals surface area contributed by atoms with Crippen LogP contribution >= 0.6 is 12.6 Å². The molecular formula is C12H12O2S. The molecular weight excluding hydrogens is 208 g/mol. The molecule has 0 saturated heterocycles. The molecule has 0 aromatic heterocycles. The Labute approximate surface area is 95.1 Å². The molecule has 0 aliphatic rings. The van der Waals surface area contributed by atoms with E-state index in [0.29, 0.717) is 5.75 Å². The topological polar surface area (TPSA) is 26.3 Å². The summed E-state index contributed by atoms with van der Waals surface area (Å²) in [5.41, 5.74) is 0.811. The normalized spacial score (nSPS) is 11.1. The van der Waals surface area contributed by atoms with Gasteiger partial charge in [-0.15, -0.1) is 5.92 Å². The maximum Gasteiger partial charge on any atom is 0.308 e. The molecule has 15 heavy (non-hydrogen) atoms. The highest BCUT2D eigenvalue weighted by atomic mass is 32.1. The van der Waals surface area contributed by atoms with Crippen molar-refractivity contribution in [3.63, 3.8) is 0 Å². The average molecular weight is 220 g/mol. The third-order valence-corrected chi connectivity index (χ3v) is 2.16. The number of ether oxygens (including phenoxy) is 1. The van der Waals surface area contributed by atoms with Crippen LogP contribution in [-0.4, -0.2) is 5.97 Å². The molecule has 0 saturated carbocycles. The minimum absolute atomic E-state index is 0.231. The third-order valence-electron chi connectivity index (χ3n) is 1.75. The number of para-hydroxylation sites is 1. The summed E-state index contributed by atoms with van der Waals surface area (Å²) in [6.07, 6.45) is 0. The lowest BCUT2D eigenvalue weighted by Gasteiger charge is -2.10. The Kier molecular flexibility index (Phi) is 4.26. The summed E-state index contributed by atoms with van der Waals surface area (Å²) >= 11 is 4.33. The Morgan fingerprint density at radius 3 is 2.73 bits per heavy atom. The fourth-order valence-electron chi connectivity index (χ4n) is 1.17. The molecule has 1 aromatic rings. The fourth-order valence-corrected chi connectivity index (χ4v) is 1.51. The molecule has 0 fully saturated rings. The second-order valence-electron chi connectivity index (χ2n) is 2.93. The first kappa shape index (κ1) is 11.7. The number of rotatable bonds is 2. The molecule has 2 nitrogen and oxygen atoms in total. The molecule has 1 atom stereocenters. The van der Waals surface area contributed by atoms with E-state index in [9.17, 15) is 4.79 Å². The van der Waals surface area contributed by atoms with Crippen molar-refractivity contribution >= 4 is 18.6 Å². The van der Waals surface area contributed by atoms with Gasteiger partial charge in [0, 0.05) is 12.5 Å². The van der Waals surface area contributed by atoms with Gasteiger partial charge in [-0.1, -0.05) is 24.1 Å². The van der Waals surface area contributed by atoms with Gasteiger partial charge in [0.05, 0.1) is 5.25 Å². The predicted octanol–water partition coefficient (Wildman–Crippen LogP) is 2.61. The molecule has 1 unspecified atom stereocenters. The van der Waals surface area contributed by atoms with Gasteiger partial charge < -0.3 is 4.74 Å². The number of benzene rings is 1. The van der Waals surface area contributed by atoms with Gasteiger partial charge in [0.2, 0.25) is 0 Å². The van der Waals surface area contributed by atoms with Crippen molar-refractivity contribution in [1.82, 2.24) is 0 Å². The molecule has 3 heteroatoms. The molecule has 0 spiro atoms. The van der Waals surface area contributed by atoms with Crippen molar-refractivity contribution in [1.29, 1.82) is 0 Å². The van der Waals surface area contributed by atoms with Crippen LogP contribution in [0.1, 0.15) is 24.7 Å². The van der Waals surface area contributed by atoms with Crippen molar-refractivity contribution in [3.05, 3.63) is 29.8 Å². The maximum atomic E-state index is 10.9. The molecule has 0 aliphatic heterocycles. The van der Waals surface area contributed by atoms with E-state index in [1.807, 2.05) is 18.2 Å². The van der Waals surface area contributed by atoms with Crippen LogP contribution in [0.2, 0.25) is 0 Å². The standard InChI is InChI=1S/C12H12O2S/c1-3-6-12(15)10-7-4-5-8-11(10)14-9(2)13/h4-5,7-8,12,15H,1-2H3. The van der Waals surface area contributed by atoms with E-state index >= 15 is 0 Å². The first-order chi connectivity index (χ1) is 7.15. The Morgan fingerprint density at radius 2 is 2.13 bits per heavy atom. The average Bonchev–Trinajstić information content (AvgIpc) is 2.18. The number of hydrogen-bond donors (Lipinski definition) is 1. The smallest absolute Gasteiger partial charge is 0.308 e. The van der Waals surface area contributed by atoms with Crippen LogP contribution in [0.4, 0.5) is 0 Å². The lowest BCUT2D eigenvalue weighted by molar-refractivity contribution is -0.131. The van der Waals surface area contributed by atoms with E-state index in [1.165, 1.54) is 6.92 Å². The molecule has 0 bridgehead atoms. The number of thiol groups is 1. The van der Waals surface area contributed by atoms with Crippen LogP contribution in [-0.2, 0) is 4.79 Å². The van der Waals surface area contributed by atoms with Crippen LogP contribution in [0.25, 0.3) is 0 Å². The Morgan fingerprint density at radius 1 is 1.47 bits per heavy atom. The van der Waals surface area contributed by atoms with Crippen LogP contribution in [0.15, 0.2) is 24.3 Å². The molecule has 0 radical (unpaired) electrons. The second kappa shape index (κ2) is 5.47. The zero-order valence-corrected chi connectivity index (χ0v) is 9.54. The van der Waals surface area contributed by atoms with E-state index in [-0.39, 0.29) is 11.2 Å². The molecule has 1 rings (SSSR count). The first-order valence-electron chi connectivity index (χ1n) is 4.53. The summed E-state index contributed by atoms with van der Waals surface area (Å²) in [5, 5.41) is -0.231. The van der Waals surface area contributed by atoms with Crippen LogP contribution in [0.3, 0.4) is 0 Å². The number of hydrogen-bond acceptors (Lipinski definition) is 3. The fraction of sp³-hybridized carbons (Fsp3) is 0.250. The largest absolute Gasteiger partial charge is 0.426 e. The van der Waals surface area contributed by atoms with Gasteiger partial charge >= 0.3 is 5.97 Å². The van der Waals surface area contributed by atoms with Crippen molar-refractivity contribution in [3.8, 4) is 17.6 Å².